The topological polar surface area (TPSA) is 42.0 Å². The summed E-state index contributed by atoms with van der Waals surface area (Å²) < 4.78 is 38.5. The monoisotopic (exact) mass is 266 g/mol. The number of pyridine rings is 1. The highest BCUT2D eigenvalue weighted by Crippen LogP contribution is 2.09. The van der Waals surface area contributed by atoms with Gasteiger partial charge in [-0.2, -0.15) is 0 Å². The minimum atomic E-state index is -0.987. The lowest BCUT2D eigenvalue weighted by molar-refractivity contribution is 0.0950. The number of amides is 1. The fraction of sp³-hybridized carbons (Fsp3) is 0.0769. The second-order valence-electron chi connectivity index (χ2n) is 3.82. The Bertz CT molecular complexity index is 617. The van der Waals surface area contributed by atoms with Crippen molar-refractivity contribution in [3.63, 3.8) is 0 Å². The fourth-order valence-electron chi connectivity index (χ4n) is 1.47. The minimum absolute atomic E-state index is 0.00649. The summed E-state index contributed by atoms with van der Waals surface area (Å²) in [6.07, 6.45) is 2.19. The molecule has 2 aromatic rings. The molecular weight excluding hydrogens is 257 g/mol. The average molecular weight is 266 g/mol. The van der Waals surface area contributed by atoms with Crippen molar-refractivity contribution < 1.29 is 18.0 Å². The summed E-state index contributed by atoms with van der Waals surface area (Å²) in [5.41, 5.74) is 0.458. The summed E-state index contributed by atoms with van der Waals surface area (Å²) in [4.78, 5) is 15.2. The molecule has 0 atom stereocenters. The summed E-state index contributed by atoms with van der Waals surface area (Å²) in [5.74, 6) is -3.11. The first-order valence-electron chi connectivity index (χ1n) is 5.39. The lowest BCUT2D eigenvalue weighted by atomic mass is 10.2. The van der Waals surface area contributed by atoms with Crippen LogP contribution in [-0.4, -0.2) is 10.9 Å². The van der Waals surface area contributed by atoms with Crippen LogP contribution in [0.25, 0.3) is 0 Å². The third kappa shape index (κ3) is 3.31. The Kier molecular flexibility index (Phi) is 3.79. The van der Waals surface area contributed by atoms with E-state index in [1.165, 1.54) is 12.3 Å². The molecule has 1 aromatic carbocycles. The molecule has 1 heterocycles. The van der Waals surface area contributed by atoms with Crippen molar-refractivity contribution in [2.75, 3.05) is 0 Å². The second kappa shape index (κ2) is 5.51. The van der Waals surface area contributed by atoms with Crippen molar-refractivity contribution in [3.8, 4) is 0 Å². The summed E-state index contributed by atoms with van der Waals surface area (Å²) in [7, 11) is 0. The highest BCUT2D eigenvalue weighted by atomic mass is 19.2. The van der Waals surface area contributed by atoms with Crippen LogP contribution in [0.5, 0.6) is 0 Å². The maximum Gasteiger partial charge on any atom is 0.253 e. The van der Waals surface area contributed by atoms with Gasteiger partial charge >= 0.3 is 0 Å². The number of carbonyl (C=O) groups is 1. The second-order valence-corrected chi connectivity index (χ2v) is 3.82. The van der Waals surface area contributed by atoms with E-state index in [1.807, 2.05) is 0 Å². The van der Waals surface area contributed by atoms with Crippen molar-refractivity contribution in [1.82, 2.24) is 10.3 Å². The molecule has 19 heavy (non-hydrogen) atoms. The molecule has 2 rings (SSSR count). The number of halogens is 3. The normalized spacial score (nSPS) is 10.3. The van der Waals surface area contributed by atoms with Crippen LogP contribution in [0.15, 0.2) is 36.7 Å². The Hall–Kier alpha value is -2.37. The summed E-state index contributed by atoms with van der Waals surface area (Å²) >= 11 is 0. The van der Waals surface area contributed by atoms with Gasteiger partial charge in [-0.15, -0.1) is 0 Å². The lowest BCUT2D eigenvalue weighted by Gasteiger charge is -2.05. The molecule has 0 spiro atoms. The smallest absolute Gasteiger partial charge is 0.253 e. The van der Waals surface area contributed by atoms with Gasteiger partial charge in [-0.05, 0) is 23.8 Å². The fourth-order valence-corrected chi connectivity index (χ4v) is 1.47. The first kappa shape index (κ1) is 13.1. The van der Waals surface area contributed by atoms with E-state index < -0.39 is 23.4 Å². The molecule has 0 aliphatic heterocycles. The molecule has 98 valence electrons. The minimum Gasteiger partial charge on any atom is -0.348 e. The molecule has 0 unspecified atom stereocenters. The van der Waals surface area contributed by atoms with Crippen molar-refractivity contribution in [2.45, 2.75) is 6.54 Å². The Morgan fingerprint density at radius 2 is 1.89 bits per heavy atom. The predicted molar refractivity (Wildman–Crippen MR) is 61.7 cm³/mol. The van der Waals surface area contributed by atoms with Gasteiger partial charge in [-0.25, -0.2) is 13.2 Å². The Balaban J connectivity index is 2.02. The van der Waals surface area contributed by atoms with Crippen LogP contribution >= 0.6 is 0 Å². The lowest BCUT2D eigenvalue weighted by Crippen LogP contribution is -2.23. The van der Waals surface area contributed by atoms with Gasteiger partial charge in [0.25, 0.3) is 5.91 Å². The van der Waals surface area contributed by atoms with E-state index in [0.29, 0.717) is 5.56 Å². The summed E-state index contributed by atoms with van der Waals surface area (Å²) in [5, 5.41) is 2.45. The number of hydrogen-bond acceptors (Lipinski definition) is 2. The van der Waals surface area contributed by atoms with Crippen LogP contribution in [0, 0.1) is 17.5 Å². The third-order valence-electron chi connectivity index (χ3n) is 2.40. The molecule has 1 N–H and O–H groups in total. The maximum absolute atomic E-state index is 12.9. The van der Waals surface area contributed by atoms with Gasteiger partial charge in [0.05, 0.1) is 11.8 Å². The molecule has 3 nitrogen and oxygen atoms in total. The van der Waals surface area contributed by atoms with Crippen LogP contribution in [0.2, 0.25) is 0 Å². The molecule has 6 heteroatoms. The molecule has 1 amide bonds. The zero-order valence-corrected chi connectivity index (χ0v) is 9.66. The standard InChI is InChI=1S/C13H9F3N2O/c14-10-4-9(6-17-7-10)13(19)18-5-8-1-2-11(15)12(16)3-8/h1-4,6-7H,5H2,(H,18,19). The van der Waals surface area contributed by atoms with Gasteiger partial charge in [0, 0.05) is 12.7 Å². The molecule has 0 aliphatic rings. The van der Waals surface area contributed by atoms with Crippen LogP contribution in [0.4, 0.5) is 13.2 Å². The van der Waals surface area contributed by atoms with Gasteiger partial charge in [0.1, 0.15) is 5.82 Å². The zero-order valence-electron chi connectivity index (χ0n) is 9.66. The van der Waals surface area contributed by atoms with Crippen LogP contribution in [-0.2, 0) is 6.54 Å². The molecule has 0 aliphatic carbocycles. The highest BCUT2D eigenvalue weighted by Gasteiger charge is 2.08. The largest absolute Gasteiger partial charge is 0.348 e. The number of nitrogens with one attached hydrogen (secondary N) is 1. The van der Waals surface area contributed by atoms with Crippen molar-refractivity contribution in [1.29, 1.82) is 0 Å². The van der Waals surface area contributed by atoms with Crippen LogP contribution in [0.1, 0.15) is 15.9 Å². The number of aromatic nitrogens is 1. The number of carbonyl (C=O) groups excluding carboxylic acids is 1. The van der Waals surface area contributed by atoms with Gasteiger partial charge in [-0.1, -0.05) is 6.07 Å². The first-order valence-corrected chi connectivity index (χ1v) is 5.39. The molecule has 0 radical (unpaired) electrons. The van der Waals surface area contributed by atoms with Gasteiger partial charge in [-0.3, -0.25) is 9.78 Å². The number of benzene rings is 1. The molecule has 0 saturated heterocycles. The first-order chi connectivity index (χ1) is 9.06. The number of nitrogens with zero attached hydrogens (tertiary/aromatic N) is 1. The molecular formula is C13H9F3N2O. The maximum atomic E-state index is 12.9. The zero-order chi connectivity index (χ0) is 13.8. The third-order valence-corrected chi connectivity index (χ3v) is 2.40. The Labute approximate surface area is 107 Å². The molecule has 0 fully saturated rings. The number of hydrogen-bond donors (Lipinski definition) is 1. The quantitative estimate of drug-likeness (QED) is 0.927. The van der Waals surface area contributed by atoms with E-state index in [1.54, 1.807) is 0 Å². The van der Waals surface area contributed by atoms with Crippen molar-refractivity contribution >= 4 is 5.91 Å². The van der Waals surface area contributed by atoms with E-state index in [2.05, 4.69) is 10.3 Å². The SMILES string of the molecule is O=C(NCc1ccc(F)c(F)c1)c1cncc(F)c1. The van der Waals surface area contributed by atoms with E-state index in [4.69, 9.17) is 0 Å². The average Bonchev–Trinajstić information content (AvgIpc) is 2.40. The Morgan fingerprint density at radius 3 is 2.58 bits per heavy atom. The molecule has 0 bridgehead atoms. The van der Waals surface area contributed by atoms with Crippen LogP contribution in [0.3, 0.4) is 0 Å². The van der Waals surface area contributed by atoms with Crippen molar-refractivity contribution in [3.05, 3.63) is 65.2 Å². The van der Waals surface area contributed by atoms with Gasteiger partial charge < -0.3 is 5.32 Å². The van der Waals surface area contributed by atoms with Gasteiger partial charge in [0.15, 0.2) is 11.6 Å². The molecule has 1 aromatic heterocycles. The van der Waals surface area contributed by atoms with Crippen molar-refractivity contribution in [2.24, 2.45) is 0 Å². The van der Waals surface area contributed by atoms with E-state index in [-0.39, 0.29) is 12.1 Å². The Morgan fingerprint density at radius 1 is 1.11 bits per heavy atom. The summed E-state index contributed by atoms with van der Waals surface area (Å²) in [6, 6.07) is 4.34. The number of rotatable bonds is 3. The molecule has 0 saturated carbocycles. The van der Waals surface area contributed by atoms with E-state index in [0.717, 1.165) is 24.4 Å². The van der Waals surface area contributed by atoms with Gasteiger partial charge in [0.2, 0.25) is 0 Å². The van der Waals surface area contributed by atoms with E-state index >= 15 is 0 Å². The highest BCUT2D eigenvalue weighted by molar-refractivity contribution is 5.93. The predicted octanol–water partition coefficient (Wildman–Crippen LogP) is 2.43. The van der Waals surface area contributed by atoms with E-state index in [9.17, 15) is 18.0 Å². The summed E-state index contributed by atoms with van der Waals surface area (Å²) in [6.45, 7) is 0.00649. The van der Waals surface area contributed by atoms with Crippen LogP contribution < -0.4 is 5.32 Å².